The van der Waals surface area contributed by atoms with Gasteiger partial charge in [-0.25, -0.2) is 8.78 Å². The maximum atomic E-state index is 13.6. The fourth-order valence-corrected chi connectivity index (χ4v) is 1.74. The number of hydrogen-bond acceptors (Lipinski definition) is 2. The van der Waals surface area contributed by atoms with Crippen molar-refractivity contribution in [2.24, 2.45) is 0 Å². The van der Waals surface area contributed by atoms with Crippen LogP contribution in [0, 0.1) is 23.0 Å². The van der Waals surface area contributed by atoms with Crippen LogP contribution >= 0.6 is 11.6 Å². The monoisotopic (exact) mass is 278 g/mol. The lowest BCUT2D eigenvalue weighted by Crippen LogP contribution is -2.03. The van der Waals surface area contributed by atoms with Gasteiger partial charge in [0.15, 0.2) is 0 Å². The lowest BCUT2D eigenvalue weighted by atomic mass is 10.1. The number of nitrogens with one attached hydrogen (secondary N) is 1. The third-order valence-electron chi connectivity index (χ3n) is 2.58. The molecule has 2 rings (SSSR count). The van der Waals surface area contributed by atoms with E-state index in [0.29, 0.717) is 10.6 Å². The fraction of sp³-hybridized carbons (Fsp3) is 0.0714. The van der Waals surface area contributed by atoms with Crippen molar-refractivity contribution >= 4 is 17.3 Å². The minimum atomic E-state index is -0.499. The van der Waals surface area contributed by atoms with Crippen LogP contribution in [-0.2, 0) is 6.54 Å². The van der Waals surface area contributed by atoms with Gasteiger partial charge in [0.25, 0.3) is 0 Å². The summed E-state index contributed by atoms with van der Waals surface area (Å²) in [4.78, 5) is 0. The Morgan fingerprint density at radius 1 is 1.11 bits per heavy atom. The van der Waals surface area contributed by atoms with Crippen molar-refractivity contribution in [3.05, 3.63) is 64.2 Å². The van der Waals surface area contributed by atoms with Crippen LogP contribution in [0.3, 0.4) is 0 Å². The van der Waals surface area contributed by atoms with E-state index >= 15 is 0 Å². The van der Waals surface area contributed by atoms with Crippen LogP contribution in [-0.4, -0.2) is 0 Å². The van der Waals surface area contributed by atoms with Crippen molar-refractivity contribution < 1.29 is 8.78 Å². The van der Waals surface area contributed by atoms with E-state index in [4.69, 9.17) is 16.9 Å². The van der Waals surface area contributed by atoms with Crippen molar-refractivity contribution in [3.8, 4) is 6.07 Å². The van der Waals surface area contributed by atoms with Crippen LogP contribution in [0.15, 0.2) is 36.4 Å². The standard InChI is InChI=1S/C14H9ClF2N2/c15-11-3-4-14(13(17)6-11)19-8-10-2-1-9(7-18)5-12(10)16/h1-6,19H,8H2. The fourth-order valence-electron chi connectivity index (χ4n) is 1.58. The topological polar surface area (TPSA) is 35.8 Å². The first-order valence-electron chi connectivity index (χ1n) is 5.47. The van der Waals surface area contributed by atoms with Gasteiger partial charge in [0.2, 0.25) is 0 Å². The first-order chi connectivity index (χ1) is 9.10. The predicted molar refractivity (Wildman–Crippen MR) is 69.9 cm³/mol. The van der Waals surface area contributed by atoms with Gasteiger partial charge in [0.1, 0.15) is 11.6 Å². The van der Waals surface area contributed by atoms with Gasteiger partial charge in [-0.1, -0.05) is 17.7 Å². The molecule has 19 heavy (non-hydrogen) atoms. The van der Waals surface area contributed by atoms with Gasteiger partial charge in [-0.3, -0.25) is 0 Å². The molecule has 0 fully saturated rings. The van der Waals surface area contributed by atoms with Gasteiger partial charge in [-0.2, -0.15) is 5.26 Å². The number of rotatable bonds is 3. The second-order valence-corrected chi connectivity index (χ2v) is 4.33. The van der Waals surface area contributed by atoms with Crippen molar-refractivity contribution in [1.82, 2.24) is 0 Å². The zero-order valence-corrected chi connectivity index (χ0v) is 10.5. The molecular weight excluding hydrogens is 270 g/mol. The molecule has 0 aliphatic rings. The van der Waals surface area contributed by atoms with E-state index in [9.17, 15) is 8.78 Å². The zero-order chi connectivity index (χ0) is 13.8. The summed E-state index contributed by atoms with van der Waals surface area (Å²) >= 11 is 5.63. The Morgan fingerprint density at radius 3 is 2.53 bits per heavy atom. The predicted octanol–water partition coefficient (Wildman–Crippen LogP) is 4.10. The van der Waals surface area contributed by atoms with E-state index in [1.807, 2.05) is 6.07 Å². The van der Waals surface area contributed by atoms with E-state index in [-0.39, 0.29) is 17.8 Å². The molecule has 0 aliphatic carbocycles. The van der Waals surface area contributed by atoms with E-state index in [0.717, 1.165) is 6.07 Å². The van der Waals surface area contributed by atoms with Crippen LogP contribution in [0.1, 0.15) is 11.1 Å². The average molecular weight is 279 g/mol. The van der Waals surface area contributed by atoms with Crippen LogP contribution in [0.5, 0.6) is 0 Å². The van der Waals surface area contributed by atoms with Gasteiger partial charge < -0.3 is 5.32 Å². The summed E-state index contributed by atoms with van der Waals surface area (Å²) in [5, 5.41) is 11.7. The smallest absolute Gasteiger partial charge is 0.147 e. The molecule has 0 saturated carbocycles. The second kappa shape index (κ2) is 5.68. The van der Waals surface area contributed by atoms with Crippen LogP contribution < -0.4 is 5.32 Å². The molecule has 0 saturated heterocycles. The molecule has 0 bridgehead atoms. The van der Waals surface area contributed by atoms with Crippen molar-refractivity contribution in [2.75, 3.05) is 5.32 Å². The molecule has 2 aromatic carbocycles. The van der Waals surface area contributed by atoms with Gasteiger partial charge in [0, 0.05) is 17.1 Å². The highest BCUT2D eigenvalue weighted by Gasteiger charge is 2.06. The summed E-state index contributed by atoms with van der Waals surface area (Å²) in [5.41, 5.74) is 0.848. The highest BCUT2D eigenvalue weighted by molar-refractivity contribution is 6.30. The van der Waals surface area contributed by atoms with Gasteiger partial charge >= 0.3 is 0 Å². The van der Waals surface area contributed by atoms with Crippen molar-refractivity contribution in [3.63, 3.8) is 0 Å². The molecule has 5 heteroatoms. The number of anilines is 1. The van der Waals surface area contributed by atoms with Gasteiger partial charge in [0.05, 0.1) is 17.3 Å². The summed E-state index contributed by atoms with van der Waals surface area (Å²) in [6.45, 7) is 0.121. The number of nitrogens with zero attached hydrogens (tertiary/aromatic N) is 1. The normalized spacial score (nSPS) is 10.0. The van der Waals surface area contributed by atoms with E-state index in [1.54, 1.807) is 6.07 Å². The molecule has 0 radical (unpaired) electrons. The highest BCUT2D eigenvalue weighted by atomic mass is 35.5. The molecule has 0 atom stereocenters. The first kappa shape index (κ1) is 13.3. The lowest BCUT2D eigenvalue weighted by Gasteiger charge is -2.08. The minimum Gasteiger partial charge on any atom is -0.378 e. The van der Waals surface area contributed by atoms with Crippen LogP contribution in [0.2, 0.25) is 5.02 Å². The molecule has 0 heterocycles. The third kappa shape index (κ3) is 3.21. The minimum absolute atomic E-state index is 0.121. The molecule has 0 amide bonds. The maximum Gasteiger partial charge on any atom is 0.147 e. The average Bonchev–Trinajstić information content (AvgIpc) is 2.39. The SMILES string of the molecule is N#Cc1ccc(CNc2ccc(Cl)cc2F)c(F)c1. The Bertz CT molecular complexity index is 650. The van der Waals surface area contributed by atoms with Crippen LogP contribution in [0.25, 0.3) is 0 Å². The molecule has 1 N–H and O–H groups in total. The Morgan fingerprint density at radius 2 is 1.89 bits per heavy atom. The summed E-state index contributed by atoms with van der Waals surface area (Å²) in [7, 11) is 0. The largest absolute Gasteiger partial charge is 0.378 e. The number of benzene rings is 2. The zero-order valence-electron chi connectivity index (χ0n) is 9.75. The quantitative estimate of drug-likeness (QED) is 0.917. The molecule has 2 aromatic rings. The summed E-state index contributed by atoms with van der Waals surface area (Å²) < 4.78 is 27.1. The summed E-state index contributed by atoms with van der Waals surface area (Å²) in [6.07, 6.45) is 0. The van der Waals surface area contributed by atoms with Gasteiger partial charge in [-0.15, -0.1) is 0 Å². The Hall–Kier alpha value is -2.12. The molecule has 2 nitrogen and oxygen atoms in total. The lowest BCUT2D eigenvalue weighted by molar-refractivity contribution is 0.610. The number of nitriles is 1. The van der Waals surface area contributed by atoms with Gasteiger partial charge in [-0.05, 0) is 30.3 Å². The molecule has 96 valence electrons. The maximum absolute atomic E-state index is 13.6. The third-order valence-corrected chi connectivity index (χ3v) is 2.82. The molecular formula is C14H9ClF2N2. The summed E-state index contributed by atoms with van der Waals surface area (Å²) in [5.74, 6) is -0.998. The van der Waals surface area contributed by atoms with Crippen molar-refractivity contribution in [1.29, 1.82) is 5.26 Å². The van der Waals surface area contributed by atoms with E-state index in [1.165, 1.54) is 24.3 Å². The first-order valence-corrected chi connectivity index (χ1v) is 5.85. The van der Waals surface area contributed by atoms with Crippen molar-refractivity contribution in [2.45, 2.75) is 6.54 Å². The van der Waals surface area contributed by atoms with E-state index in [2.05, 4.69) is 5.32 Å². The summed E-state index contributed by atoms with van der Waals surface area (Å²) in [6, 6.07) is 10.2. The number of hydrogen-bond donors (Lipinski definition) is 1. The Balaban J connectivity index is 2.13. The molecule has 0 spiro atoms. The highest BCUT2D eigenvalue weighted by Crippen LogP contribution is 2.20. The Labute approximate surface area is 114 Å². The van der Waals surface area contributed by atoms with Crippen LogP contribution in [0.4, 0.5) is 14.5 Å². The molecule has 0 aromatic heterocycles. The second-order valence-electron chi connectivity index (χ2n) is 3.90. The Kier molecular flexibility index (Phi) is 3.98. The van der Waals surface area contributed by atoms with E-state index < -0.39 is 11.6 Å². The molecule has 0 aliphatic heterocycles. The number of halogens is 3. The molecule has 0 unspecified atom stereocenters.